The third kappa shape index (κ3) is 2.77. The van der Waals surface area contributed by atoms with E-state index in [9.17, 15) is 4.39 Å². The molecule has 0 amide bonds. The molecule has 3 N–H and O–H groups in total. The number of rotatable bonds is 3. The molecular formula is C14H12FN3. The lowest BCUT2D eigenvalue weighted by Gasteiger charge is -2.08. The summed E-state index contributed by atoms with van der Waals surface area (Å²) in [5.74, 6) is -0.256. The van der Waals surface area contributed by atoms with Crippen molar-refractivity contribution in [2.75, 3.05) is 11.1 Å². The Balaban J connectivity index is 2.07. The number of anilines is 2. The van der Waals surface area contributed by atoms with Gasteiger partial charge in [0.1, 0.15) is 11.9 Å². The molecule has 0 fully saturated rings. The van der Waals surface area contributed by atoms with E-state index >= 15 is 0 Å². The molecule has 0 aliphatic carbocycles. The molecule has 3 nitrogen and oxygen atoms in total. The summed E-state index contributed by atoms with van der Waals surface area (Å²) in [6.45, 7) is 0.503. The maximum atomic E-state index is 13.0. The van der Waals surface area contributed by atoms with Crippen LogP contribution >= 0.6 is 0 Å². The van der Waals surface area contributed by atoms with Crippen LogP contribution in [0, 0.1) is 17.1 Å². The van der Waals surface area contributed by atoms with Crippen molar-refractivity contribution < 1.29 is 4.39 Å². The van der Waals surface area contributed by atoms with Gasteiger partial charge in [0.2, 0.25) is 0 Å². The van der Waals surface area contributed by atoms with Gasteiger partial charge in [0.05, 0.1) is 11.3 Å². The Kier molecular flexibility index (Phi) is 3.44. The maximum Gasteiger partial charge on any atom is 0.123 e. The average molecular weight is 241 g/mol. The summed E-state index contributed by atoms with van der Waals surface area (Å²) in [6.07, 6.45) is 0. The highest BCUT2D eigenvalue weighted by molar-refractivity contribution is 5.62. The smallest absolute Gasteiger partial charge is 0.123 e. The number of nitriles is 1. The number of halogens is 1. The number of nitrogen functional groups attached to an aromatic ring is 1. The first kappa shape index (κ1) is 11.9. The SMILES string of the molecule is N#Cc1ccc(NCc2cccc(F)c2)cc1N. The van der Waals surface area contributed by atoms with Crippen molar-refractivity contribution in [1.82, 2.24) is 0 Å². The summed E-state index contributed by atoms with van der Waals surface area (Å²) in [4.78, 5) is 0. The molecule has 0 spiro atoms. The summed E-state index contributed by atoms with van der Waals surface area (Å²) >= 11 is 0. The van der Waals surface area contributed by atoms with Crippen LogP contribution in [0.5, 0.6) is 0 Å². The van der Waals surface area contributed by atoms with Gasteiger partial charge in [-0.2, -0.15) is 5.26 Å². The van der Waals surface area contributed by atoms with Crippen molar-refractivity contribution in [3.8, 4) is 6.07 Å². The third-order valence-corrected chi connectivity index (χ3v) is 2.56. The van der Waals surface area contributed by atoms with Crippen LogP contribution in [0.15, 0.2) is 42.5 Å². The summed E-state index contributed by atoms with van der Waals surface area (Å²) in [6, 6.07) is 13.5. The first-order valence-corrected chi connectivity index (χ1v) is 5.47. The van der Waals surface area contributed by atoms with Gasteiger partial charge in [-0.05, 0) is 35.9 Å². The fourth-order valence-corrected chi connectivity index (χ4v) is 1.63. The minimum Gasteiger partial charge on any atom is -0.398 e. The molecule has 0 radical (unpaired) electrons. The predicted octanol–water partition coefficient (Wildman–Crippen LogP) is 2.89. The number of hydrogen-bond acceptors (Lipinski definition) is 3. The number of nitrogens with two attached hydrogens (primary N) is 1. The van der Waals surface area contributed by atoms with E-state index in [4.69, 9.17) is 11.0 Å². The first-order valence-electron chi connectivity index (χ1n) is 5.47. The molecule has 0 aromatic heterocycles. The lowest BCUT2D eigenvalue weighted by Crippen LogP contribution is -2.01. The summed E-state index contributed by atoms with van der Waals surface area (Å²) in [5.41, 5.74) is 8.23. The van der Waals surface area contributed by atoms with E-state index < -0.39 is 0 Å². The van der Waals surface area contributed by atoms with E-state index in [2.05, 4.69) is 5.32 Å². The van der Waals surface area contributed by atoms with Crippen molar-refractivity contribution in [1.29, 1.82) is 5.26 Å². The Morgan fingerprint density at radius 3 is 2.72 bits per heavy atom. The maximum absolute atomic E-state index is 13.0. The summed E-state index contributed by atoms with van der Waals surface area (Å²) < 4.78 is 13.0. The zero-order valence-electron chi connectivity index (χ0n) is 9.65. The van der Waals surface area contributed by atoms with Gasteiger partial charge >= 0.3 is 0 Å². The molecule has 0 atom stereocenters. The van der Waals surface area contributed by atoms with Gasteiger partial charge < -0.3 is 11.1 Å². The Morgan fingerprint density at radius 2 is 2.06 bits per heavy atom. The van der Waals surface area contributed by atoms with E-state index in [1.807, 2.05) is 12.1 Å². The van der Waals surface area contributed by atoms with Crippen molar-refractivity contribution in [2.24, 2.45) is 0 Å². The van der Waals surface area contributed by atoms with Gasteiger partial charge in [0.15, 0.2) is 0 Å². The predicted molar refractivity (Wildman–Crippen MR) is 69.3 cm³/mol. The quantitative estimate of drug-likeness (QED) is 0.812. The Bertz CT molecular complexity index is 602. The molecule has 4 heteroatoms. The fourth-order valence-electron chi connectivity index (χ4n) is 1.63. The minimum atomic E-state index is -0.256. The van der Waals surface area contributed by atoms with Crippen LogP contribution in [0.1, 0.15) is 11.1 Å². The molecule has 0 saturated carbocycles. The van der Waals surface area contributed by atoms with Crippen LogP contribution in [0.3, 0.4) is 0 Å². The monoisotopic (exact) mass is 241 g/mol. The summed E-state index contributed by atoms with van der Waals surface area (Å²) in [7, 11) is 0. The largest absolute Gasteiger partial charge is 0.398 e. The molecule has 0 saturated heterocycles. The zero-order chi connectivity index (χ0) is 13.0. The van der Waals surface area contributed by atoms with Gasteiger partial charge in [0.25, 0.3) is 0 Å². The normalized spacial score (nSPS) is 9.78. The molecule has 2 aromatic rings. The molecule has 0 unspecified atom stereocenters. The standard InChI is InChI=1S/C14H12FN3/c15-12-3-1-2-10(6-12)9-18-13-5-4-11(8-16)14(17)7-13/h1-7,18H,9,17H2. The highest BCUT2D eigenvalue weighted by Gasteiger charge is 2.00. The number of hydrogen-bond donors (Lipinski definition) is 2. The van der Waals surface area contributed by atoms with Gasteiger partial charge in [-0.3, -0.25) is 0 Å². The van der Waals surface area contributed by atoms with Crippen molar-refractivity contribution >= 4 is 11.4 Å². The number of benzene rings is 2. The molecule has 0 heterocycles. The Morgan fingerprint density at radius 1 is 1.22 bits per heavy atom. The minimum absolute atomic E-state index is 0.256. The Labute approximate surface area is 105 Å². The van der Waals surface area contributed by atoms with Crippen LogP contribution in [0.4, 0.5) is 15.8 Å². The molecule has 2 aromatic carbocycles. The highest BCUT2D eigenvalue weighted by atomic mass is 19.1. The molecular weight excluding hydrogens is 229 g/mol. The second-order valence-electron chi connectivity index (χ2n) is 3.90. The lowest BCUT2D eigenvalue weighted by molar-refractivity contribution is 0.626. The average Bonchev–Trinajstić information content (AvgIpc) is 2.37. The van der Waals surface area contributed by atoms with E-state index in [1.54, 1.807) is 24.3 Å². The first-order chi connectivity index (χ1) is 8.69. The number of nitrogens with one attached hydrogen (secondary N) is 1. The topological polar surface area (TPSA) is 61.8 Å². The molecule has 2 rings (SSSR count). The second-order valence-corrected chi connectivity index (χ2v) is 3.90. The van der Waals surface area contributed by atoms with E-state index in [-0.39, 0.29) is 5.82 Å². The van der Waals surface area contributed by atoms with E-state index in [0.29, 0.717) is 17.8 Å². The van der Waals surface area contributed by atoms with Gasteiger partial charge in [-0.1, -0.05) is 12.1 Å². The zero-order valence-corrected chi connectivity index (χ0v) is 9.65. The molecule has 0 aliphatic rings. The Hall–Kier alpha value is -2.54. The molecule has 0 aliphatic heterocycles. The van der Waals surface area contributed by atoms with Gasteiger partial charge in [0, 0.05) is 12.2 Å². The van der Waals surface area contributed by atoms with E-state index in [0.717, 1.165) is 11.3 Å². The third-order valence-electron chi connectivity index (χ3n) is 2.56. The van der Waals surface area contributed by atoms with Crippen LogP contribution in [-0.2, 0) is 6.54 Å². The van der Waals surface area contributed by atoms with Crippen LogP contribution < -0.4 is 11.1 Å². The van der Waals surface area contributed by atoms with Crippen molar-refractivity contribution in [2.45, 2.75) is 6.54 Å². The van der Waals surface area contributed by atoms with Crippen LogP contribution in [0.2, 0.25) is 0 Å². The van der Waals surface area contributed by atoms with Crippen LogP contribution in [0.25, 0.3) is 0 Å². The van der Waals surface area contributed by atoms with Gasteiger partial charge in [-0.15, -0.1) is 0 Å². The highest BCUT2D eigenvalue weighted by Crippen LogP contribution is 2.18. The second kappa shape index (κ2) is 5.19. The molecule has 90 valence electrons. The van der Waals surface area contributed by atoms with E-state index in [1.165, 1.54) is 12.1 Å². The van der Waals surface area contributed by atoms with Crippen molar-refractivity contribution in [3.05, 3.63) is 59.4 Å². The number of nitrogens with zero attached hydrogens (tertiary/aromatic N) is 1. The fraction of sp³-hybridized carbons (Fsp3) is 0.0714. The van der Waals surface area contributed by atoms with Crippen LogP contribution in [-0.4, -0.2) is 0 Å². The summed E-state index contributed by atoms with van der Waals surface area (Å²) in [5, 5.41) is 11.9. The molecule has 18 heavy (non-hydrogen) atoms. The van der Waals surface area contributed by atoms with Gasteiger partial charge in [-0.25, -0.2) is 4.39 Å². The molecule has 0 bridgehead atoms. The lowest BCUT2D eigenvalue weighted by atomic mass is 10.1. The van der Waals surface area contributed by atoms with Crippen molar-refractivity contribution in [3.63, 3.8) is 0 Å².